The number of benzene rings is 1. The van der Waals surface area contributed by atoms with Crippen LogP contribution in [0.5, 0.6) is 11.8 Å². The summed E-state index contributed by atoms with van der Waals surface area (Å²) in [7, 11) is 2.78. The second-order valence-electron chi connectivity index (χ2n) is 5.79. The summed E-state index contributed by atoms with van der Waals surface area (Å²) in [4.78, 5) is 33.4. The first kappa shape index (κ1) is 20.2. The maximum atomic E-state index is 12.6. The summed E-state index contributed by atoms with van der Waals surface area (Å²) in [5.74, 6) is -3.56. The van der Waals surface area contributed by atoms with Gasteiger partial charge < -0.3 is 18.9 Å². The Kier molecular flexibility index (Phi) is 5.62. The fourth-order valence-electron chi connectivity index (χ4n) is 2.76. The SMILES string of the molecule is CCCC(=O)OC1(c2nc(OC)cc(OC)n2)OC(=O)c2c(Cl)ccc(Cl)c21. The van der Waals surface area contributed by atoms with Crippen LogP contribution in [0, 0.1) is 0 Å². The lowest BCUT2D eigenvalue weighted by Crippen LogP contribution is -2.36. The zero-order chi connectivity index (χ0) is 20.5. The third-order valence-electron chi connectivity index (χ3n) is 3.98. The monoisotopic (exact) mass is 426 g/mol. The molecule has 0 saturated heterocycles. The summed E-state index contributed by atoms with van der Waals surface area (Å²) in [6.45, 7) is 1.80. The third kappa shape index (κ3) is 3.33. The number of ether oxygens (including phenoxy) is 4. The highest BCUT2D eigenvalue weighted by Crippen LogP contribution is 2.48. The fraction of sp³-hybridized carbons (Fsp3) is 0.333. The van der Waals surface area contributed by atoms with Gasteiger partial charge in [-0.1, -0.05) is 30.1 Å². The molecule has 0 radical (unpaired) electrons. The number of methoxy groups -OCH3 is 2. The topological polar surface area (TPSA) is 96.8 Å². The Bertz CT molecular complexity index is 930. The summed E-state index contributed by atoms with van der Waals surface area (Å²) in [6, 6.07) is 4.33. The molecule has 0 N–H and O–H groups in total. The Balaban J connectivity index is 2.31. The van der Waals surface area contributed by atoms with Crippen molar-refractivity contribution >= 4 is 35.1 Å². The summed E-state index contributed by atoms with van der Waals surface area (Å²) in [6.07, 6.45) is 0.592. The second-order valence-corrected chi connectivity index (χ2v) is 6.60. The molecular formula is C18H16Cl2N2O6. The predicted octanol–water partition coefficient (Wildman–Crippen LogP) is 3.52. The minimum absolute atomic E-state index is 0.0242. The molecule has 0 fully saturated rings. The van der Waals surface area contributed by atoms with Crippen molar-refractivity contribution < 1.29 is 28.5 Å². The predicted molar refractivity (Wildman–Crippen MR) is 98.8 cm³/mol. The van der Waals surface area contributed by atoms with Crippen LogP contribution in [0.15, 0.2) is 18.2 Å². The maximum absolute atomic E-state index is 12.6. The van der Waals surface area contributed by atoms with Crippen molar-refractivity contribution in [1.29, 1.82) is 0 Å². The van der Waals surface area contributed by atoms with Crippen molar-refractivity contribution in [2.24, 2.45) is 0 Å². The van der Waals surface area contributed by atoms with Gasteiger partial charge in [-0.05, 0) is 18.6 Å². The molecule has 0 amide bonds. The molecule has 0 bridgehead atoms. The average Bonchev–Trinajstić information content (AvgIpc) is 2.98. The molecule has 3 rings (SSSR count). The van der Waals surface area contributed by atoms with E-state index in [9.17, 15) is 9.59 Å². The van der Waals surface area contributed by atoms with Crippen LogP contribution in [0.25, 0.3) is 0 Å². The van der Waals surface area contributed by atoms with Crippen LogP contribution >= 0.6 is 23.2 Å². The molecule has 28 heavy (non-hydrogen) atoms. The number of hydrogen-bond acceptors (Lipinski definition) is 8. The molecule has 0 spiro atoms. The lowest BCUT2D eigenvalue weighted by Gasteiger charge is -2.27. The Morgan fingerprint density at radius 1 is 1.14 bits per heavy atom. The van der Waals surface area contributed by atoms with E-state index in [4.69, 9.17) is 42.1 Å². The molecular weight excluding hydrogens is 411 g/mol. The van der Waals surface area contributed by atoms with Crippen molar-refractivity contribution in [3.63, 3.8) is 0 Å². The minimum Gasteiger partial charge on any atom is -0.481 e. The smallest absolute Gasteiger partial charge is 0.347 e. The number of fused-ring (bicyclic) bond motifs is 1. The van der Waals surface area contributed by atoms with Crippen LogP contribution in [0.4, 0.5) is 0 Å². The van der Waals surface area contributed by atoms with Crippen molar-refractivity contribution in [1.82, 2.24) is 9.97 Å². The molecule has 8 nitrogen and oxygen atoms in total. The standard InChI is InChI=1S/C18H16Cl2N2O6/c1-4-5-13(23)27-18(17-21-11(25-2)8-12(22-17)26-3)15-10(20)7-6-9(19)14(15)16(24)28-18/h6-8H,4-5H2,1-3H3. The van der Waals surface area contributed by atoms with Crippen LogP contribution in [0.3, 0.4) is 0 Å². The highest BCUT2D eigenvalue weighted by molar-refractivity contribution is 6.36. The number of carbonyl (C=O) groups excluding carboxylic acids is 2. The van der Waals surface area contributed by atoms with E-state index < -0.39 is 17.7 Å². The molecule has 1 aliphatic rings. The van der Waals surface area contributed by atoms with E-state index in [1.807, 2.05) is 0 Å². The van der Waals surface area contributed by atoms with Gasteiger partial charge in [0.05, 0.1) is 41.5 Å². The minimum atomic E-state index is -2.12. The number of hydrogen-bond donors (Lipinski definition) is 0. The number of cyclic esters (lactones) is 1. The van der Waals surface area contributed by atoms with E-state index in [1.54, 1.807) is 6.92 Å². The number of nitrogens with zero attached hydrogens (tertiary/aromatic N) is 2. The van der Waals surface area contributed by atoms with Gasteiger partial charge in [-0.15, -0.1) is 0 Å². The zero-order valence-electron chi connectivity index (χ0n) is 15.2. The van der Waals surface area contributed by atoms with Crippen molar-refractivity contribution in [3.05, 3.63) is 45.2 Å². The zero-order valence-corrected chi connectivity index (χ0v) is 16.8. The highest BCUT2D eigenvalue weighted by atomic mass is 35.5. The summed E-state index contributed by atoms with van der Waals surface area (Å²) in [5, 5.41) is 0.188. The molecule has 0 saturated carbocycles. The molecule has 1 aromatic carbocycles. The molecule has 1 unspecified atom stereocenters. The second kappa shape index (κ2) is 7.81. The van der Waals surface area contributed by atoms with Gasteiger partial charge >= 0.3 is 17.7 Å². The maximum Gasteiger partial charge on any atom is 0.347 e. The van der Waals surface area contributed by atoms with Gasteiger partial charge in [-0.2, -0.15) is 9.97 Å². The molecule has 148 valence electrons. The highest BCUT2D eigenvalue weighted by Gasteiger charge is 2.56. The number of esters is 2. The van der Waals surface area contributed by atoms with E-state index in [0.717, 1.165) is 0 Å². The molecule has 2 aromatic rings. The fourth-order valence-corrected chi connectivity index (χ4v) is 3.27. The Morgan fingerprint density at radius 3 is 2.32 bits per heavy atom. The van der Waals surface area contributed by atoms with Crippen LogP contribution in [0.2, 0.25) is 10.0 Å². The van der Waals surface area contributed by atoms with Gasteiger partial charge in [0.1, 0.15) is 0 Å². The van der Waals surface area contributed by atoms with Crippen LogP contribution in [-0.4, -0.2) is 36.1 Å². The van der Waals surface area contributed by atoms with Crippen LogP contribution in [0.1, 0.15) is 41.5 Å². The molecule has 10 heteroatoms. The largest absolute Gasteiger partial charge is 0.481 e. The van der Waals surface area contributed by atoms with E-state index in [1.165, 1.54) is 32.4 Å². The lowest BCUT2D eigenvalue weighted by molar-refractivity contribution is -0.196. The van der Waals surface area contributed by atoms with E-state index in [2.05, 4.69) is 9.97 Å². The first-order valence-electron chi connectivity index (χ1n) is 8.27. The van der Waals surface area contributed by atoms with E-state index >= 15 is 0 Å². The Morgan fingerprint density at radius 2 is 1.75 bits per heavy atom. The van der Waals surface area contributed by atoms with Crippen molar-refractivity contribution in [2.75, 3.05) is 14.2 Å². The van der Waals surface area contributed by atoms with Gasteiger partial charge in [0.15, 0.2) is 0 Å². The molecule has 0 aliphatic carbocycles. The third-order valence-corrected chi connectivity index (χ3v) is 4.61. The number of halogens is 2. The van der Waals surface area contributed by atoms with Crippen LogP contribution < -0.4 is 9.47 Å². The Labute approximate surface area is 170 Å². The van der Waals surface area contributed by atoms with Crippen molar-refractivity contribution in [2.45, 2.75) is 25.6 Å². The molecule has 1 aliphatic heterocycles. The summed E-state index contributed by atoms with van der Waals surface area (Å²) in [5.41, 5.74) is 0.0234. The van der Waals surface area contributed by atoms with Gasteiger partial charge in [0, 0.05) is 6.42 Å². The molecule has 2 heterocycles. The number of rotatable bonds is 6. The quantitative estimate of drug-likeness (QED) is 0.647. The van der Waals surface area contributed by atoms with Crippen molar-refractivity contribution in [3.8, 4) is 11.8 Å². The number of carbonyl (C=O) groups is 2. The van der Waals surface area contributed by atoms with E-state index in [0.29, 0.717) is 6.42 Å². The van der Waals surface area contributed by atoms with Gasteiger partial charge in [0.25, 0.3) is 0 Å². The Hall–Kier alpha value is -2.58. The summed E-state index contributed by atoms with van der Waals surface area (Å²) >= 11 is 12.5. The number of aromatic nitrogens is 2. The average molecular weight is 427 g/mol. The van der Waals surface area contributed by atoms with E-state index in [-0.39, 0.29) is 45.2 Å². The van der Waals surface area contributed by atoms with Gasteiger partial charge in [-0.25, -0.2) is 4.79 Å². The normalized spacial score (nSPS) is 17.7. The first-order chi connectivity index (χ1) is 13.4. The molecule has 1 aromatic heterocycles. The lowest BCUT2D eigenvalue weighted by atomic mass is 10.0. The van der Waals surface area contributed by atoms with Crippen LogP contribution in [-0.2, 0) is 20.1 Å². The van der Waals surface area contributed by atoms with Gasteiger partial charge in [-0.3, -0.25) is 4.79 Å². The van der Waals surface area contributed by atoms with Gasteiger partial charge in [0.2, 0.25) is 17.6 Å². The molecule has 1 atom stereocenters. The first-order valence-corrected chi connectivity index (χ1v) is 9.03. The summed E-state index contributed by atoms with van der Waals surface area (Å²) < 4.78 is 21.4.